The van der Waals surface area contributed by atoms with Gasteiger partial charge in [-0.05, 0) is 44.5 Å². The molecular weight excluding hydrogens is 502 g/mol. The molecule has 0 radical (unpaired) electrons. The number of esters is 2. The molecule has 1 saturated heterocycles. The summed E-state index contributed by atoms with van der Waals surface area (Å²) in [7, 11) is 0. The van der Waals surface area contributed by atoms with Crippen LogP contribution in [0.25, 0.3) is 0 Å². The molecule has 0 bridgehead atoms. The molecule has 0 spiro atoms. The maximum atomic E-state index is 12.8. The van der Waals surface area contributed by atoms with Gasteiger partial charge in [0.05, 0.1) is 24.2 Å². The number of nitrogens with one attached hydrogen (secondary N) is 2. The Kier molecular flexibility index (Phi) is 9.78. The van der Waals surface area contributed by atoms with Gasteiger partial charge in [-0.25, -0.2) is 4.79 Å². The van der Waals surface area contributed by atoms with Gasteiger partial charge in [0.15, 0.2) is 0 Å². The summed E-state index contributed by atoms with van der Waals surface area (Å²) in [5, 5.41) is 10.4. The Hall–Kier alpha value is -4.25. The van der Waals surface area contributed by atoms with Crippen LogP contribution >= 0.6 is 0 Å². The van der Waals surface area contributed by atoms with E-state index in [4.69, 9.17) is 20.6 Å². The van der Waals surface area contributed by atoms with E-state index in [9.17, 15) is 19.2 Å². The van der Waals surface area contributed by atoms with Gasteiger partial charge in [-0.1, -0.05) is 30.3 Å². The van der Waals surface area contributed by atoms with E-state index in [0.29, 0.717) is 26.2 Å². The van der Waals surface area contributed by atoms with E-state index in [-0.39, 0.29) is 48.3 Å². The standard InChI is InChI=1S/C28H35N5O6/c1-28(2,3)39-27(37)20-9-10-21(22(15-20)25(29)30)26(36)31-16-23(34)33-13-11-32(12-14-33)17-24(35)38-18-19-7-5-4-6-8-19/h4-10,15H,11-14,16-18H2,1-3H3,(H3,29,30)(H,31,36). The van der Waals surface area contributed by atoms with Crippen LogP contribution in [0.2, 0.25) is 0 Å². The zero-order chi connectivity index (χ0) is 28.6. The number of rotatable bonds is 9. The van der Waals surface area contributed by atoms with E-state index in [1.54, 1.807) is 25.7 Å². The predicted molar refractivity (Wildman–Crippen MR) is 144 cm³/mol. The third-order valence-corrected chi connectivity index (χ3v) is 5.91. The van der Waals surface area contributed by atoms with E-state index in [0.717, 1.165) is 5.56 Å². The minimum absolute atomic E-state index is 0.0658. The molecule has 208 valence electrons. The number of nitrogens with two attached hydrogens (primary N) is 1. The number of amidine groups is 1. The molecule has 2 aromatic rings. The van der Waals surface area contributed by atoms with Crippen molar-refractivity contribution in [2.75, 3.05) is 39.3 Å². The van der Waals surface area contributed by atoms with Crippen molar-refractivity contribution in [2.24, 2.45) is 5.73 Å². The average Bonchev–Trinajstić information content (AvgIpc) is 2.90. The molecule has 0 aliphatic carbocycles. The number of carbonyl (C=O) groups is 4. The van der Waals surface area contributed by atoms with Crippen molar-refractivity contribution >= 4 is 29.6 Å². The van der Waals surface area contributed by atoms with Gasteiger partial charge < -0.3 is 25.4 Å². The number of carbonyl (C=O) groups excluding carboxylic acids is 4. The van der Waals surface area contributed by atoms with Crippen molar-refractivity contribution in [1.82, 2.24) is 15.1 Å². The number of piperazine rings is 1. The fraction of sp³-hybridized carbons (Fsp3) is 0.393. The minimum Gasteiger partial charge on any atom is -0.460 e. The summed E-state index contributed by atoms with van der Waals surface area (Å²) in [6, 6.07) is 13.6. The van der Waals surface area contributed by atoms with Gasteiger partial charge >= 0.3 is 11.9 Å². The third-order valence-electron chi connectivity index (χ3n) is 5.91. The molecule has 1 fully saturated rings. The summed E-state index contributed by atoms with van der Waals surface area (Å²) in [6.07, 6.45) is 0. The maximum Gasteiger partial charge on any atom is 0.338 e. The van der Waals surface area contributed by atoms with Gasteiger partial charge in [0, 0.05) is 31.7 Å². The molecule has 2 amide bonds. The van der Waals surface area contributed by atoms with Crippen molar-refractivity contribution in [3.8, 4) is 0 Å². The topological polar surface area (TPSA) is 155 Å². The summed E-state index contributed by atoms with van der Waals surface area (Å²) in [5.74, 6) is -2.19. The van der Waals surface area contributed by atoms with Gasteiger partial charge in [-0.2, -0.15) is 0 Å². The molecule has 39 heavy (non-hydrogen) atoms. The highest BCUT2D eigenvalue weighted by Crippen LogP contribution is 2.16. The van der Waals surface area contributed by atoms with Gasteiger partial charge in [0.2, 0.25) is 5.91 Å². The molecule has 0 aromatic heterocycles. The van der Waals surface area contributed by atoms with Crippen molar-refractivity contribution in [2.45, 2.75) is 33.0 Å². The Morgan fingerprint density at radius 2 is 1.64 bits per heavy atom. The van der Waals surface area contributed by atoms with Crippen LogP contribution in [0, 0.1) is 5.41 Å². The molecule has 0 atom stereocenters. The van der Waals surface area contributed by atoms with Gasteiger partial charge in [-0.3, -0.25) is 24.7 Å². The number of nitrogen functional groups attached to an aromatic ring is 1. The third kappa shape index (κ3) is 8.92. The van der Waals surface area contributed by atoms with E-state index in [1.807, 2.05) is 35.2 Å². The highest BCUT2D eigenvalue weighted by molar-refractivity contribution is 6.09. The Bertz CT molecular complexity index is 1220. The van der Waals surface area contributed by atoms with Crippen LogP contribution in [0.15, 0.2) is 48.5 Å². The van der Waals surface area contributed by atoms with Crippen LogP contribution in [0.5, 0.6) is 0 Å². The minimum atomic E-state index is -0.707. The molecule has 1 aliphatic heterocycles. The molecule has 1 aliphatic rings. The van der Waals surface area contributed by atoms with Crippen molar-refractivity contribution in [3.05, 3.63) is 70.8 Å². The summed E-state index contributed by atoms with van der Waals surface area (Å²) in [4.78, 5) is 53.5. The zero-order valence-electron chi connectivity index (χ0n) is 22.5. The van der Waals surface area contributed by atoms with E-state index in [1.165, 1.54) is 18.2 Å². The molecule has 3 rings (SSSR count). The Morgan fingerprint density at radius 1 is 0.974 bits per heavy atom. The first-order valence-electron chi connectivity index (χ1n) is 12.6. The Labute approximate surface area is 227 Å². The van der Waals surface area contributed by atoms with Gasteiger partial charge in [0.25, 0.3) is 5.91 Å². The first-order valence-corrected chi connectivity index (χ1v) is 12.6. The molecule has 0 unspecified atom stereocenters. The number of ether oxygens (including phenoxy) is 2. The lowest BCUT2D eigenvalue weighted by atomic mass is 10.0. The SMILES string of the molecule is CC(C)(C)OC(=O)c1ccc(C(=O)NCC(=O)N2CCN(CC(=O)OCc3ccccc3)CC2)c(C(=N)N)c1. The highest BCUT2D eigenvalue weighted by Gasteiger charge is 2.25. The van der Waals surface area contributed by atoms with Gasteiger partial charge in [-0.15, -0.1) is 0 Å². The highest BCUT2D eigenvalue weighted by atomic mass is 16.6. The maximum absolute atomic E-state index is 12.8. The number of nitrogens with zero attached hydrogens (tertiary/aromatic N) is 2. The van der Waals surface area contributed by atoms with Crippen molar-refractivity contribution < 1.29 is 28.7 Å². The average molecular weight is 538 g/mol. The fourth-order valence-corrected chi connectivity index (χ4v) is 3.91. The Morgan fingerprint density at radius 3 is 2.26 bits per heavy atom. The summed E-state index contributed by atoms with van der Waals surface area (Å²) in [6.45, 7) is 7.12. The zero-order valence-corrected chi connectivity index (χ0v) is 22.5. The fourth-order valence-electron chi connectivity index (χ4n) is 3.91. The predicted octanol–water partition coefficient (Wildman–Crippen LogP) is 1.54. The lowest BCUT2D eigenvalue weighted by molar-refractivity contribution is -0.147. The number of hydrogen-bond acceptors (Lipinski definition) is 8. The quantitative estimate of drug-likeness (QED) is 0.247. The molecule has 0 saturated carbocycles. The summed E-state index contributed by atoms with van der Waals surface area (Å²) in [5.41, 5.74) is 6.16. The number of benzene rings is 2. The summed E-state index contributed by atoms with van der Waals surface area (Å²) >= 11 is 0. The van der Waals surface area contributed by atoms with Crippen LogP contribution in [0.4, 0.5) is 0 Å². The van der Waals surface area contributed by atoms with Crippen molar-refractivity contribution in [1.29, 1.82) is 5.41 Å². The largest absolute Gasteiger partial charge is 0.460 e. The molecule has 11 heteroatoms. The van der Waals surface area contributed by atoms with Crippen LogP contribution in [0.1, 0.15) is 52.6 Å². The monoisotopic (exact) mass is 537 g/mol. The molecule has 4 N–H and O–H groups in total. The number of hydrogen-bond donors (Lipinski definition) is 3. The lowest BCUT2D eigenvalue weighted by Gasteiger charge is -2.34. The van der Waals surface area contributed by atoms with Crippen LogP contribution in [-0.4, -0.2) is 84.3 Å². The van der Waals surface area contributed by atoms with Crippen LogP contribution in [0.3, 0.4) is 0 Å². The first-order chi connectivity index (χ1) is 18.4. The second-order valence-corrected chi connectivity index (χ2v) is 10.2. The number of amides is 2. The molecule has 2 aromatic carbocycles. The lowest BCUT2D eigenvalue weighted by Crippen LogP contribution is -2.52. The summed E-state index contributed by atoms with van der Waals surface area (Å²) < 4.78 is 10.7. The van der Waals surface area contributed by atoms with Gasteiger partial charge in [0.1, 0.15) is 18.0 Å². The Balaban J connectivity index is 1.47. The van der Waals surface area contributed by atoms with E-state index in [2.05, 4.69) is 5.32 Å². The van der Waals surface area contributed by atoms with Crippen LogP contribution in [-0.2, 0) is 25.7 Å². The first kappa shape index (κ1) is 29.3. The second kappa shape index (κ2) is 13.0. The second-order valence-electron chi connectivity index (χ2n) is 10.2. The van der Waals surface area contributed by atoms with E-state index < -0.39 is 23.3 Å². The molecule has 11 nitrogen and oxygen atoms in total. The molecular formula is C28H35N5O6. The van der Waals surface area contributed by atoms with E-state index >= 15 is 0 Å². The smallest absolute Gasteiger partial charge is 0.338 e. The normalized spacial score (nSPS) is 13.9. The van der Waals surface area contributed by atoms with Crippen LogP contribution < -0.4 is 11.1 Å². The van der Waals surface area contributed by atoms with Crippen molar-refractivity contribution in [3.63, 3.8) is 0 Å². The molecule has 1 heterocycles.